The molecule has 3 aliphatic rings. The molecule has 3 fully saturated rings. The number of likely N-dealkylation sites (N-methyl/N-ethyl adjacent to an activating group) is 1. The molecular formula is C45H54F5N3O5S. The number of likely N-dealkylation sites (tertiary alicyclic amines) is 2. The number of benzene rings is 3. The number of amides is 1. The molecule has 1 amide bonds. The Morgan fingerprint density at radius 1 is 1.00 bits per heavy atom. The summed E-state index contributed by atoms with van der Waals surface area (Å²) in [7, 11) is 4.48. The normalized spacial score (nSPS) is 21.4. The minimum absolute atomic E-state index is 0.0465. The quantitative estimate of drug-likeness (QED) is 0.0992. The van der Waals surface area contributed by atoms with Gasteiger partial charge in [-0.25, -0.2) is 22.0 Å². The zero-order valence-corrected chi connectivity index (χ0v) is 35.2. The molecule has 320 valence electrons. The number of rotatable bonds is 14. The van der Waals surface area contributed by atoms with Gasteiger partial charge < -0.3 is 19.1 Å². The second-order valence-electron chi connectivity index (χ2n) is 16.2. The monoisotopic (exact) mass is 843 g/mol. The van der Waals surface area contributed by atoms with E-state index in [0.29, 0.717) is 55.1 Å². The van der Waals surface area contributed by atoms with Crippen LogP contribution in [0.15, 0.2) is 72.8 Å². The summed E-state index contributed by atoms with van der Waals surface area (Å²) < 4.78 is 93.8. The molecule has 1 unspecified atom stereocenters. The van der Waals surface area contributed by atoms with Crippen molar-refractivity contribution >= 4 is 34.4 Å². The largest absolute Gasteiger partial charge is 0.496 e. The highest BCUT2D eigenvalue weighted by Crippen LogP contribution is 2.51. The van der Waals surface area contributed by atoms with Crippen LogP contribution in [0.2, 0.25) is 0 Å². The lowest BCUT2D eigenvalue weighted by molar-refractivity contribution is -0.177. The molecule has 8 nitrogen and oxygen atoms in total. The van der Waals surface area contributed by atoms with Crippen molar-refractivity contribution in [2.75, 3.05) is 60.7 Å². The van der Waals surface area contributed by atoms with Crippen molar-refractivity contribution in [3.05, 3.63) is 84.0 Å². The fourth-order valence-electron chi connectivity index (χ4n) is 9.16. The van der Waals surface area contributed by atoms with Gasteiger partial charge in [-0.05, 0) is 84.7 Å². The van der Waals surface area contributed by atoms with Crippen molar-refractivity contribution in [2.24, 2.45) is 5.41 Å². The highest BCUT2D eigenvalue weighted by atomic mass is 32.1. The van der Waals surface area contributed by atoms with E-state index in [0.717, 1.165) is 33.7 Å². The van der Waals surface area contributed by atoms with Crippen molar-refractivity contribution < 1.29 is 45.8 Å². The molecule has 3 saturated heterocycles. The number of allylic oxidation sites excluding steroid dienone is 3. The van der Waals surface area contributed by atoms with E-state index in [1.54, 1.807) is 26.4 Å². The molecule has 0 spiro atoms. The van der Waals surface area contributed by atoms with Crippen LogP contribution in [0.4, 0.5) is 22.0 Å². The molecule has 6 rings (SSSR count). The van der Waals surface area contributed by atoms with Crippen LogP contribution in [-0.2, 0) is 27.3 Å². The third-order valence-electron chi connectivity index (χ3n) is 12.6. The Kier molecular flexibility index (Phi) is 13.3. The van der Waals surface area contributed by atoms with E-state index in [1.807, 2.05) is 55.5 Å². The molecule has 3 heterocycles. The Morgan fingerprint density at radius 2 is 1.61 bits per heavy atom. The second kappa shape index (κ2) is 17.6. The van der Waals surface area contributed by atoms with E-state index in [9.17, 15) is 18.4 Å². The summed E-state index contributed by atoms with van der Waals surface area (Å²) in [6.07, 6.45) is 3.32. The molecule has 0 aromatic heterocycles. The van der Waals surface area contributed by atoms with Gasteiger partial charge in [0.25, 0.3) is 11.8 Å². The third kappa shape index (κ3) is 8.65. The number of alkyl halides is 5. The standard InChI is InChI=1S/C45H54F5N3O5S/c1-7-14-42(46)15-19-52(20-16-42)26-30-23-36(56-5)39(37(24-30)57-6)34-13-9-11-32-31(10-8-12-33(32)34)25-35(40(54)59)51(4)41(55)43(45(49,50)29(2)3)17-21-53(22-18-43)38-27-58-28-44(38,47)48/h7-14,23-24,35,38H,2,15-22,25-28H2,1,3-6H3,(H,54,59)/b14-7+/t35-,38?/m0/s1. The first-order valence-electron chi connectivity index (χ1n) is 20.0. The maximum Gasteiger partial charge on any atom is 0.288 e. The number of halogens is 5. The van der Waals surface area contributed by atoms with Crippen LogP contribution in [0.1, 0.15) is 50.7 Å². The summed E-state index contributed by atoms with van der Waals surface area (Å²) in [5.41, 5.74) is -1.08. The van der Waals surface area contributed by atoms with Gasteiger partial charge in [-0.1, -0.05) is 55.1 Å². The minimum atomic E-state index is -3.70. The van der Waals surface area contributed by atoms with E-state index in [-0.39, 0.29) is 26.1 Å². The molecule has 0 aliphatic carbocycles. The molecule has 0 saturated carbocycles. The van der Waals surface area contributed by atoms with Gasteiger partial charge in [0.2, 0.25) is 11.0 Å². The number of carbonyl (C=O) groups excluding carboxylic acids is 2. The Hall–Kier alpha value is -3.98. The Bertz CT molecular complexity index is 2050. The van der Waals surface area contributed by atoms with Crippen molar-refractivity contribution in [3.8, 4) is 22.6 Å². The van der Waals surface area contributed by atoms with Gasteiger partial charge in [-0.3, -0.25) is 19.4 Å². The first kappa shape index (κ1) is 44.6. The van der Waals surface area contributed by atoms with Crippen LogP contribution in [-0.4, -0.2) is 116 Å². The van der Waals surface area contributed by atoms with Gasteiger partial charge in [0, 0.05) is 46.2 Å². The molecule has 3 aliphatic heterocycles. The smallest absolute Gasteiger partial charge is 0.288 e. The summed E-state index contributed by atoms with van der Waals surface area (Å²) >= 11 is 4.15. The number of nitrogens with zero attached hydrogens (tertiary/aromatic N) is 3. The van der Waals surface area contributed by atoms with Crippen molar-refractivity contribution in [1.82, 2.24) is 14.7 Å². The van der Waals surface area contributed by atoms with Crippen molar-refractivity contribution in [1.29, 1.82) is 0 Å². The Labute approximate surface area is 348 Å². The van der Waals surface area contributed by atoms with E-state index in [2.05, 4.69) is 24.1 Å². The van der Waals surface area contributed by atoms with Crippen LogP contribution < -0.4 is 9.47 Å². The van der Waals surface area contributed by atoms with Gasteiger partial charge in [-0.15, -0.1) is 12.6 Å². The number of fused-ring (bicyclic) bond motifs is 1. The van der Waals surface area contributed by atoms with Crippen LogP contribution in [0.25, 0.3) is 21.9 Å². The number of thiol groups is 1. The number of piperidine rings is 2. The van der Waals surface area contributed by atoms with E-state index >= 15 is 13.2 Å². The Balaban J connectivity index is 1.29. The molecule has 3 aromatic carbocycles. The first-order valence-corrected chi connectivity index (χ1v) is 20.4. The summed E-state index contributed by atoms with van der Waals surface area (Å²) in [5.74, 6) is -6.70. The summed E-state index contributed by atoms with van der Waals surface area (Å²) in [6, 6.07) is 12.6. The summed E-state index contributed by atoms with van der Waals surface area (Å²) in [4.78, 5) is 32.4. The predicted octanol–water partition coefficient (Wildman–Crippen LogP) is 8.56. The number of hydrogen-bond donors (Lipinski definition) is 1. The molecule has 14 heteroatoms. The average Bonchev–Trinajstić information content (AvgIpc) is 3.57. The lowest BCUT2D eigenvalue weighted by Gasteiger charge is -2.48. The zero-order valence-electron chi connectivity index (χ0n) is 34.3. The van der Waals surface area contributed by atoms with Gasteiger partial charge in [0.1, 0.15) is 35.2 Å². The third-order valence-corrected chi connectivity index (χ3v) is 12.9. The van der Waals surface area contributed by atoms with E-state index in [1.165, 1.54) is 11.9 Å². The molecule has 0 bridgehead atoms. The van der Waals surface area contributed by atoms with Gasteiger partial charge in [0.15, 0.2) is 0 Å². The summed E-state index contributed by atoms with van der Waals surface area (Å²) in [5, 5.41) is 0.839. The molecular weight excluding hydrogens is 790 g/mol. The highest BCUT2D eigenvalue weighted by molar-refractivity contribution is 7.96. The average molecular weight is 844 g/mol. The molecule has 59 heavy (non-hydrogen) atoms. The maximum atomic E-state index is 16.3. The number of hydrogen-bond acceptors (Lipinski definition) is 7. The Morgan fingerprint density at radius 3 is 2.15 bits per heavy atom. The number of ether oxygens (including phenoxy) is 3. The number of carbonyl (C=O) groups is 2. The zero-order chi connectivity index (χ0) is 42.9. The summed E-state index contributed by atoms with van der Waals surface area (Å²) in [6.45, 7) is 6.87. The van der Waals surface area contributed by atoms with E-state index in [4.69, 9.17) is 14.2 Å². The van der Waals surface area contributed by atoms with Crippen molar-refractivity contribution in [2.45, 2.75) is 82.1 Å². The van der Waals surface area contributed by atoms with Crippen LogP contribution in [0.3, 0.4) is 0 Å². The van der Waals surface area contributed by atoms with Gasteiger partial charge in [-0.2, -0.15) is 0 Å². The predicted molar refractivity (Wildman–Crippen MR) is 222 cm³/mol. The fraction of sp³-hybridized carbons (Fsp3) is 0.511. The minimum Gasteiger partial charge on any atom is -0.496 e. The van der Waals surface area contributed by atoms with Gasteiger partial charge in [0.05, 0.1) is 32.4 Å². The molecule has 0 radical (unpaired) electrons. The lowest BCUT2D eigenvalue weighted by Crippen LogP contribution is -2.62. The SMILES string of the molecule is C=C(C)C(F)(F)C1(C(=O)N(C)[C@@H](Cc2cccc3c(-c4c(OC)cc(CN5CCC(F)(/C=C/C)CC5)cc4OC)cccc23)C(=O)S)CCN(C2COCC2(F)F)CC1. The van der Waals surface area contributed by atoms with Crippen LogP contribution >= 0.6 is 12.6 Å². The maximum absolute atomic E-state index is 16.3. The molecule has 3 aromatic rings. The van der Waals surface area contributed by atoms with Gasteiger partial charge >= 0.3 is 0 Å². The molecule has 2 atom stereocenters. The fourth-order valence-corrected chi connectivity index (χ4v) is 9.43. The molecule has 0 N–H and O–H groups in total. The lowest BCUT2D eigenvalue weighted by atomic mass is 9.69. The topological polar surface area (TPSA) is 71.6 Å². The second-order valence-corrected chi connectivity index (χ2v) is 16.7. The van der Waals surface area contributed by atoms with Crippen LogP contribution in [0, 0.1) is 5.41 Å². The first-order chi connectivity index (χ1) is 27.9. The van der Waals surface area contributed by atoms with E-state index < -0.39 is 71.1 Å². The number of methoxy groups -OCH3 is 2. The highest BCUT2D eigenvalue weighted by Gasteiger charge is 2.62. The van der Waals surface area contributed by atoms with Crippen molar-refractivity contribution in [3.63, 3.8) is 0 Å². The van der Waals surface area contributed by atoms with Crippen LogP contribution in [0.5, 0.6) is 11.5 Å².